The second kappa shape index (κ2) is 22.2. The second-order valence-electron chi connectivity index (χ2n) is 8.97. The van der Waals surface area contributed by atoms with E-state index < -0.39 is 23.9 Å². The van der Waals surface area contributed by atoms with Gasteiger partial charge in [0.25, 0.3) is 0 Å². The van der Waals surface area contributed by atoms with E-state index >= 15 is 0 Å². The van der Waals surface area contributed by atoms with Gasteiger partial charge in [0, 0.05) is 65.3 Å². The minimum atomic E-state index is -1.32. The number of nitrogens with zero attached hydrogens (tertiary/aromatic N) is 2. The maximum atomic E-state index is 13.6. The van der Waals surface area contributed by atoms with E-state index in [1.807, 2.05) is 0 Å². The van der Waals surface area contributed by atoms with Crippen molar-refractivity contribution >= 4 is 29.5 Å². The van der Waals surface area contributed by atoms with Gasteiger partial charge in [-0.25, -0.2) is 14.5 Å². The van der Waals surface area contributed by atoms with Crippen molar-refractivity contribution in [2.45, 2.75) is 83.7 Å². The number of amides is 5. The van der Waals surface area contributed by atoms with Gasteiger partial charge in [-0.1, -0.05) is 6.42 Å². The Balaban J connectivity index is 3.81. The average molecular weight is 549 g/mol. The molecule has 5 amide bonds. The van der Waals surface area contributed by atoms with Crippen molar-refractivity contribution in [2.75, 3.05) is 39.3 Å². The summed E-state index contributed by atoms with van der Waals surface area (Å²) in [5.41, 5.74) is 5.39. The minimum Gasteiger partial charge on any atom is -0.356 e. The van der Waals surface area contributed by atoms with Gasteiger partial charge in [0.15, 0.2) is 0 Å². The molecule has 13 nitrogen and oxygen atoms in total. The lowest BCUT2D eigenvalue weighted by molar-refractivity contribution is -0.166. The summed E-state index contributed by atoms with van der Waals surface area (Å²) in [5.74, 6) is -2.22. The quantitative estimate of drug-likeness (QED) is 0.0634. The van der Waals surface area contributed by atoms with Gasteiger partial charge in [-0.05, 0) is 45.1 Å². The van der Waals surface area contributed by atoms with E-state index in [1.54, 1.807) is 0 Å². The third-order valence-corrected chi connectivity index (χ3v) is 5.50. The maximum Gasteiger partial charge on any atom is 0.246 e. The van der Waals surface area contributed by atoms with Gasteiger partial charge in [0.1, 0.15) is 6.17 Å². The molecule has 0 aromatic heterocycles. The normalized spacial score (nSPS) is 11.4. The molecule has 0 aromatic carbocycles. The van der Waals surface area contributed by atoms with Crippen LogP contribution in [0.15, 0.2) is 0 Å². The van der Waals surface area contributed by atoms with Crippen LogP contribution in [0, 0.1) is 0 Å². The fourth-order valence-electron chi connectivity index (χ4n) is 3.23. The number of hydroxylamine groups is 4. The molecule has 38 heavy (non-hydrogen) atoms. The highest BCUT2D eigenvalue weighted by Gasteiger charge is 2.15. The highest BCUT2D eigenvalue weighted by Crippen LogP contribution is 2.03. The summed E-state index contributed by atoms with van der Waals surface area (Å²) in [5, 5.41) is 28.2. The molecule has 7 N–H and O–H groups in total. The fourth-order valence-corrected chi connectivity index (χ4v) is 3.23. The lowest BCUT2D eigenvalue weighted by Crippen LogP contribution is -2.34. The molecule has 0 aliphatic rings. The number of carbonyl (C=O) groups is 5. The summed E-state index contributed by atoms with van der Waals surface area (Å²) >= 11 is 0. The molecule has 0 saturated heterocycles. The maximum absolute atomic E-state index is 13.6. The molecule has 0 radical (unpaired) electrons. The number of alkyl halides is 1. The van der Waals surface area contributed by atoms with Crippen molar-refractivity contribution < 1.29 is 38.8 Å². The number of halogens is 1. The highest BCUT2D eigenvalue weighted by atomic mass is 19.1. The van der Waals surface area contributed by atoms with Crippen LogP contribution in [0.1, 0.15) is 77.6 Å². The standard InChI is InChI=1S/C24H45FN6O7/c1-19(32)27-15-12-20(25)18-29-22(34)9-11-24(36)31(38)17-7-3-5-14-28-21(33)8-10-23(35)30(37)16-6-2-4-13-26/h20,37-38H,2-18,26H2,1H3,(H,27,32)(H,28,33)(H,29,34). The van der Waals surface area contributed by atoms with Crippen LogP contribution >= 0.6 is 0 Å². The van der Waals surface area contributed by atoms with E-state index in [2.05, 4.69) is 16.0 Å². The summed E-state index contributed by atoms with van der Waals surface area (Å²) < 4.78 is 13.6. The SMILES string of the molecule is CC(=O)NCCC(F)CNC(=O)CCC(=O)N(O)CCCCCNC(=O)CCC(=O)N(O)CCCCCN. The highest BCUT2D eigenvalue weighted by molar-refractivity contribution is 5.83. The smallest absolute Gasteiger partial charge is 0.246 e. The molecule has 0 aromatic rings. The number of unbranched alkanes of at least 4 members (excludes halogenated alkanes) is 4. The van der Waals surface area contributed by atoms with Gasteiger partial charge < -0.3 is 21.7 Å². The Labute approximate surface area is 223 Å². The molecule has 0 saturated carbocycles. The molecule has 0 aliphatic carbocycles. The number of nitrogens with two attached hydrogens (primary N) is 1. The molecule has 0 heterocycles. The van der Waals surface area contributed by atoms with E-state index in [0.29, 0.717) is 48.9 Å². The van der Waals surface area contributed by atoms with Gasteiger partial charge in [0.2, 0.25) is 29.5 Å². The van der Waals surface area contributed by atoms with Gasteiger partial charge in [-0.2, -0.15) is 0 Å². The lowest BCUT2D eigenvalue weighted by atomic mass is 10.2. The lowest BCUT2D eigenvalue weighted by Gasteiger charge is -2.15. The minimum absolute atomic E-state index is 0.0335. The average Bonchev–Trinajstić information content (AvgIpc) is 2.88. The zero-order chi connectivity index (χ0) is 28.8. The van der Waals surface area contributed by atoms with Gasteiger partial charge >= 0.3 is 0 Å². The van der Waals surface area contributed by atoms with E-state index in [1.165, 1.54) is 6.92 Å². The molecular weight excluding hydrogens is 503 g/mol. The predicted molar refractivity (Wildman–Crippen MR) is 136 cm³/mol. The predicted octanol–water partition coefficient (Wildman–Crippen LogP) is 0.378. The monoisotopic (exact) mass is 548 g/mol. The van der Waals surface area contributed by atoms with E-state index in [0.717, 1.165) is 12.8 Å². The number of carbonyl (C=O) groups excluding carboxylic acids is 5. The molecule has 0 bridgehead atoms. The van der Waals surface area contributed by atoms with Crippen LogP contribution in [-0.4, -0.2) is 95.5 Å². The van der Waals surface area contributed by atoms with E-state index in [9.17, 15) is 38.8 Å². The summed E-state index contributed by atoms with van der Waals surface area (Å²) in [6.45, 7) is 2.47. The van der Waals surface area contributed by atoms with Crippen molar-refractivity contribution in [2.24, 2.45) is 5.73 Å². The Morgan fingerprint density at radius 1 is 0.737 bits per heavy atom. The van der Waals surface area contributed by atoms with Crippen molar-refractivity contribution in [1.82, 2.24) is 26.1 Å². The largest absolute Gasteiger partial charge is 0.356 e. The Kier molecular flexibility index (Phi) is 20.5. The number of hydrogen-bond acceptors (Lipinski definition) is 8. The summed E-state index contributed by atoms with van der Waals surface area (Å²) in [6.07, 6.45) is 2.17. The van der Waals surface area contributed by atoms with Crippen molar-refractivity contribution in [3.63, 3.8) is 0 Å². The second-order valence-corrected chi connectivity index (χ2v) is 8.97. The first-order valence-corrected chi connectivity index (χ1v) is 13.2. The van der Waals surface area contributed by atoms with Gasteiger partial charge in [-0.3, -0.25) is 34.4 Å². The molecule has 0 rings (SSSR count). The molecular formula is C24H45FN6O7. The number of nitrogens with one attached hydrogen (secondary N) is 3. The Hall–Kier alpha value is -2.84. The summed E-state index contributed by atoms with van der Waals surface area (Å²) in [4.78, 5) is 58.1. The Bertz CT molecular complexity index is 728. The molecule has 14 heteroatoms. The van der Waals surface area contributed by atoms with Crippen LogP contribution in [0.5, 0.6) is 0 Å². The molecule has 1 unspecified atom stereocenters. The molecule has 0 fully saturated rings. The summed E-state index contributed by atoms with van der Waals surface area (Å²) in [7, 11) is 0. The Morgan fingerprint density at radius 3 is 1.79 bits per heavy atom. The Morgan fingerprint density at radius 2 is 1.26 bits per heavy atom. The van der Waals surface area contributed by atoms with E-state index in [4.69, 9.17) is 5.73 Å². The van der Waals surface area contributed by atoms with Gasteiger partial charge in [0.05, 0.1) is 0 Å². The fraction of sp³-hybridized carbons (Fsp3) is 0.792. The third kappa shape index (κ3) is 20.2. The summed E-state index contributed by atoms with van der Waals surface area (Å²) in [6, 6.07) is 0. The van der Waals surface area contributed by atoms with Crippen molar-refractivity contribution in [3.05, 3.63) is 0 Å². The topological polar surface area (TPSA) is 194 Å². The van der Waals surface area contributed by atoms with Crippen LogP contribution in [0.4, 0.5) is 4.39 Å². The zero-order valence-corrected chi connectivity index (χ0v) is 22.4. The van der Waals surface area contributed by atoms with Crippen molar-refractivity contribution in [3.8, 4) is 0 Å². The van der Waals surface area contributed by atoms with Crippen LogP contribution in [0.3, 0.4) is 0 Å². The van der Waals surface area contributed by atoms with Gasteiger partial charge in [-0.15, -0.1) is 0 Å². The van der Waals surface area contributed by atoms with Crippen molar-refractivity contribution in [1.29, 1.82) is 0 Å². The number of hydrogen-bond donors (Lipinski definition) is 6. The van der Waals surface area contributed by atoms with Crippen LogP contribution < -0.4 is 21.7 Å². The first-order chi connectivity index (χ1) is 18.1. The molecule has 0 aliphatic heterocycles. The van der Waals surface area contributed by atoms with E-state index in [-0.39, 0.29) is 70.1 Å². The van der Waals surface area contributed by atoms with Crippen LogP contribution in [0.25, 0.3) is 0 Å². The first kappa shape index (κ1) is 35.2. The van der Waals surface area contributed by atoms with Crippen LogP contribution in [0.2, 0.25) is 0 Å². The molecule has 1 atom stereocenters. The molecule has 220 valence electrons. The number of rotatable bonds is 22. The van der Waals surface area contributed by atoms with Crippen LogP contribution in [-0.2, 0) is 24.0 Å². The third-order valence-electron chi connectivity index (χ3n) is 5.50. The zero-order valence-electron chi connectivity index (χ0n) is 22.4. The molecule has 0 spiro atoms. The first-order valence-electron chi connectivity index (χ1n) is 13.2.